The maximum Gasteiger partial charge on any atom is 0.472 e. The van der Waals surface area contributed by atoms with E-state index < -0.39 is 20.0 Å². The fourth-order valence-corrected chi connectivity index (χ4v) is 12.1. The van der Waals surface area contributed by atoms with Gasteiger partial charge in [-0.1, -0.05) is 359 Å². The minimum Gasteiger partial charge on any atom is -0.387 e. The van der Waals surface area contributed by atoms with Gasteiger partial charge in [-0.3, -0.25) is 13.8 Å². The summed E-state index contributed by atoms with van der Waals surface area (Å²) >= 11 is 0. The zero-order chi connectivity index (χ0) is 60.5. The van der Waals surface area contributed by atoms with Gasteiger partial charge in [0.1, 0.15) is 13.2 Å². The molecule has 0 aromatic heterocycles. The van der Waals surface area contributed by atoms with Gasteiger partial charge in [0, 0.05) is 6.42 Å². The number of hydrogen-bond acceptors (Lipinski definition) is 5. The molecule has 0 aliphatic heterocycles. The second kappa shape index (κ2) is 65.2. The first-order valence-electron chi connectivity index (χ1n) is 36.9. The van der Waals surface area contributed by atoms with Gasteiger partial charge < -0.3 is 19.8 Å². The molecular weight excluding hydrogens is 1040 g/mol. The number of phosphoric acid groups is 1. The number of likely N-dealkylation sites (N-methyl/N-ethyl adjacent to an activating group) is 1. The maximum atomic E-state index is 13.1. The Hall–Kier alpha value is -1.28. The number of allylic oxidation sites excluding steroid dienone is 5. The Kier molecular flexibility index (Phi) is 64.2. The lowest BCUT2D eigenvalue weighted by Crippen LogP contribution is -2.45. The van der Waals surface area contributed by atoms with E-state index in [2.05, 4.69) is 43.5 Å². The molecule has 0 radical (unpaired) electrons. The number of hydrogen-bond donors (Lipinski definition) is 3. The van der Waals surface area contributed by atoms with Crippen molar-refractivity contribution in [1.29, 1.82) is 0 Å². The number of nitrogens with one attached hydrogen (secondary N) is 1. The molecule has 9 heteroatoms. The highest BCUT2D eigenvalue weighted by atomic mass is 31.2. The van der Waals surface area contributed by atoms with Crippen molar-refractivity contribution in [1.82, 2.24) is 5.32 Å². The number of rotatable bonds is 69. The first kappa shape index (κ1) is 81.7. The predicted octanol–water partition coefficient (Wildman–Crippen LogP) is 23.6. The molecule has 0 aliphatic rings. The molecule has 3 atom stereocenters. The van der Waals surface area contributed by atoms with Crippen molar-refractivity contribution in [2.45, 2.75) is 392 Å². The van der Waals surface area contributed by atoms with Crippen LogP contribution in [0.15, 0.2) is 36.5 Å². The Bertz CT molecular complexity index is 1450. The number of unbranched alkanes of at least 4 members (excludes halogenated alkanes) is 52. The SMILES string of the molecule is CCCCCCCCCCCCCCC/C=C\C/C=C\CCCCCCCCCCCCCCCCCCCC(=O)NC(COP(=O)(O)OCC[N+](C)(C)C)C(O)/C=C/CCCCCCCCCCCCCCCCCCCCCCCC. The van der Waals surface area contributed by atoms with E-state index in [1.807, 2.05) is 27.2 Å². The van der Waals surface area contributed by atoms with Gasteiger partial charge in [-0.05, 0) is 51.4 Å². The van der Waals surface area contributed by atoms with E-state index in [1.165, 1.54) is 321 Å². The summed E-state index contributed by atoms with van der Waals surface area (Å²) in [6.07, 6.45) is 87.4. The normalized spacial score (nSPS) is 13.8. The zero-order valence-corrected chi connectivity index (χ0v) is 57.4. The monoisotopic (exact) mass is 1190 g/mol. The summed E-state index contributed by atoms with van der Waals surface area (Å²) in [5.41, 5.74) is 0. The third kappa shape index (κ3) is 68.1. The standard InChI is InChI=1S/C74H145N2O6P/c1-6-8-10-12-14-16-18-20-22-24-26-28-30-32-33-34-35-36-37-38-39-40-41-42-43-44-46-48-50-52-54-56-58-60-62-64-66-68-74(78)75-72(71-82-83(79,80)81-70-69-76(3,4)5)73(77)67-65-63-61-59-57-55-53-51-49-47-45-31-29-27-25-23-21-19-17-15-13-11-9-7-2/h33-34,36-37,65,67,72-73,77H,6-32,35,38-64,66,68-71H2,1-5H3,(H-,75,78,79,80)/p+1/b34-33-,37-36-,67-65+. The van der Waals surface area contributed by atoms with Crippen LogP contribution in [0.1, 0.15) is 380 Å². The molecular formula is C74H146N2O6P+. The minimum absolute atomic E-state index is 0.0633. The highest BCUT2D eigenvalue weighted by molar-refractivity contribution is 7.47. The topological polar surface area (TPSA) is 105 Å². The van der Waals surface area contributed by atoms with Gasteiger partial charge >= 0.3 is 7.82 Å². The molecule has 0 saturated heterocycles. The highest BCUT2D eigenvalue weighted by Gasteiger charge is 2.28. The van der Waals surface area contributed by atoms with Crippen LogP contribution in [0.4, 0.5) is 0 Å². The van der Waals surface area contributed by atoms with Crippen LogP contribution in [-0.4, -0.2) is 73.4 Å². The van der Waals surface area contributed by atoms with Gasteiger partial charge in [0.25, 0.3) is 0 Å². The Balaban J connectivity index is 3.98. The van der Waals surface area contributed by atoms with Crippen molar-refractivity contribution >= 4 is 13.7 Å². The smallest absolute Gasteiger partial charge is 0.387 e. The lowest BCUT2D eigenvalue weighted by atomic mass is 10.0. The summed E-state index contributed by atoms with van der Waals surface area (Å²) in [6.45, 7) is 4.88. The van der Waals surface area contributed by atoms with E-state index in [4.69, 9.17) is 9.05 Å². The number of aliphatic hydroxyl groups excluding tert-OH is 1. The van der Waals surface area contributed by atoms with Gasteiger partial charge in [0.05, 0.1) is 39.9 Å². The van der Waals surface area contributed by atoms with Crippen LogP contribution >= 0.6 is 7.82 Å². The molecule has 0 bridgehead atoms. The molecule has 0 saturated carbocycles. The third-order valence-electron chi connectivity index (χ3n) is 17.1. The number of carbonyl (C=O) groups is 1. The molecule has 0 rings (SSSR count). The second-order valence-electron chi connectivity index (χ2n) is 26.7. The predicted molar refractivity (Wildman–Crippen MR) is 365 cm³/mol. The van der Waals surface area contributed by atoms with Crippen molar-refractivity contribution in [3.05, 3.63) is 36.5 Å². The quantitative estimate of drug-likeness (QED) is 0.0243. The first-order chi connectivity index (χ1) is 40.5. The van der Waals surface area contributed by atoms with Crippen LogP contribution in [-0.2, 0) is 18.4 Å². The van der Waals surface area contributed by atoms with Crippen LogP contribution in [0, 0.1) is 0 Å². The van der Waals surface area contributed by atoms with Crippen molar-refractivity contribution in [2.24, 2.45) is 0 Å². The van der Waals surface area contributed by atoms with Crippen LogP contribution in [0.2, 0.25) is 0 Å². The van der Waals surface area contributed by atoms with Crippen molar-refractivity contribution in [3.63, 3.8) is 0 Å². The van der Waals surface area contributed by atoms with Gasteiger partial charge in [0.2, 0.25) is 5.91 Å². The van der Waals surface area contributed by atoms with Crippen LogP contribution in [0.5, 0.6) is 0 Å². The van der Waals surface area contributed by atoms with Crippen LogP contribution < -0.4 is 5.32 Å². The minimum atomic E-state index is -4.35. The van der Waals surface area contributed by atoms with E-state index in [0.29, 0.717) is 17.4 Å². The summed E-state index contributed by atoms with van der Waals surface area (Å²) in [4.78, 5) is 23.4. The third-order valence-corrected chi connectivity index (χ3v) is 18.1. The Morgan fingerprint density at radius 1 is 0.410 bits per heavy atom. The first-order valence-corrected chi connectivity index (χ1v) is 38.4. The lowest BCUT2D eigenvalue weighted by molar-refractivity contribution is -0.870. The van der Waals surface area contributed by atoms with Gasteiger partial charge in [-0.25, -0.2) is 4.57 Å². The highest BCUT2D eigenvalue weighted by Crippen LogP contribution is 2.43. The molecule has 0 aromatic carbocycles. The summed E-state index contributed by atoms with van der Waals surface area (Å²) in [6, 6.07) is -0.847. The molecule has 0 heterocycles. The summed E-state index contributed by atoms with van der Waals surface area (Å²) in [7, 11) is 1.59. The zero-order valence-electron chi connectivity index (χ0n) is 56.5. The largest absolute Gasteiger partial charge is 0.472 e. The van der Waals surface area contributed by atoms with Crippen molar-refractivity contribution in [2.75, 3.05) is 40.9 Å². The van der Waals surface area contributed by atoms with E-state index >= 15 is 0 Å². The van der Waals surface area contributed by atoms with Crippen molar-refractivity contribution < 1.29 is 32.9 Å². The summed E-state index contributed by atoms with van der Waals surface area (Å²) < 4.78 is 23.8. The Morgan fingerprint density at radius 3 is 0.988 bits per heavy atom. The van der Waals surface area contributed by atoms with E-state index in [1.54, 1.807) is 6.08 Å². The maximum absolute atomic E-state index is 13.1. The molecule has 0 spiro atoms. The molecule has 3 N–H and O–H groups in total. The fraction of sp³-hybridized carbons (Fsp3) is 0.905. The Labute approximate surface area is 518 Å². The molecule has 0 aliphatic carbocycles. The number of nitrogens with zero attached hydrogens (tertiary/aromatic N) is 1. The molecule has 3 unspecified atom stereocenters. The van der Waals surface area contributed by atoms with Gasteiger partial charge in [0.15, 0.2) is 0 Å². The van der Waals surface area contributed by atoms with Crippen LogP contribution in [0.3, 0.4) is 0 Å². The van der Waals surface area contributed by atoms with E-state index in [-0.39, 0.29) is 19.1 Å². The van der Waals surface area contributed by atoms with E-state index in [0.717, 1.165) is 38.5 Å². The molecule has 83 heavy (non-hydrogen) atoms. The van der Waals surface area contributed by atoms with Crippen molar-refractivity contribution in [3.8, 4) is 0 Å². The fourth-order valence-electron chi connectivity index (χ4n) is 11.4. The number of carbonyl (C=O) groups excluding carboxylic acids is 1. The number of amides is 1. The molecule has 0 aromatic rings. The number of phosphoric ester groups is 1. The number of quaternary nitrogens is 1. The van der Waals surface area contributed by atoms with Crippen LogP contribution in [0.25, 0.3) is 0 Å². The lowest BCUT2D eigenvalue weighted by Gasteiger charge is -2.25. The van der Waals surface area contributed by atoms with E-state index in [9.17, 15) is 19.4 Å². The molecule has 0 fully saturated rings. The summed E-state index contributed by atoms with van der Waals surface area (Å²) in [5, 5.41) is 14.0. The second-order valence-corrected chi connectivity index (χ2v) is 28.1. The molecule has 492 valence electrons. The van der Waals surface area contributed by atoms with Gasteiger partial charge in [-0.2, -0.15) is 0 Å². The Morgan fingerprint density at radius 2 is 0.687 bits per heavy atom. The molecule has 8 nitrogen and oxygen atoms in total. The van der Waals surface area contributed by atoms with Gasteiger partial charge in [-0.15, -0.1) is 0 Å². The number of aliphatic hydroxyl groups is 1. The average molecular weight is 1190 g/mol. The average Bonchev–Trinajstić information content (AvgIpc) is 3.50. The molecule has 1 amide bonds. The summed E-state index contributed by atoms with van der Waals surface area (Å²) in [5.74, 6) is -0.170.